The lowest BCUT2D eigenvalue weighted by Gasteiger charge is -2.36. The van der Waals surface area contributed by atoms with Crippen molar-refractivity contribution >= 4 is 57.9 Å². The number of hydrogen-bond acceptors (Lipinski definition) is 11. The van der Waals surface area contributed by atoms with Crippen molar-refractivity contribution in [3.63, 3.8) is 0 Å². The van der Waals surface area contributed by atoms with Gasteiger partial charge in [0.1, 0.15) is 17.4 Å². The summed E-state index contributed by atoms with van der Waals surface area (Å²) in [6, 6.07) is 12.5. The fraction of sp³-hybridized carbons (Fsp3) is 0.469. The second kappa shape index (κ2) is 20.0. The number of methoxy groups -OCH3 is 1. The summed E-state index contributed by atoms with van der Waals surface area (Å²) in [5, 5.41) is 9.57. The zero-order valence-corrected chi connectivity index (χ0v) is 37.4. The predicted molar refractivity (Wildman–Crippen MR) is 246 cm³/mol. The standard InChI is InChI=1S/C49H57N9O7/c1-4-42(59)51-33-15-17-34(18-16-33)58-45(62)27-31(2)37-29-50-49(54-46(37)58)52-39-20-19-35(28-41(39)65-3)55-23-25-56(26-24-55)44(61)14-9-7-5-6-8-11-32-12-10-13-36-38(32)30-57(48(36)64)40-21-22-43(60)53-47(40)63/h10,12-13,19-20,27-29,33-34,40H,4-7,9,14-18,21-26,30H2,1-3H3,(H,51,59)(H,50,52,54)(H,53,60,63). The zero-order chi connectivity index (χ0) is 45.6. The fourth-order valence-electron chi connectivity index (χ4n) is 9.49. The SMILES string of the molecule is CCC(=O)NC1CCC(n2c(=O)cc(C)c3cnc(Nc4ccc(N5CCN(C(=O)CCCCCC#Cc6cccc7c6CN(C6CCC(=O)NC6=O)C7=O)CC5)cc4OC)nc32)CC1. The van der Waals surface area contributed by atoms with Crippen LogP contribution < -0.4 is 31.1 Å². The Morgan fingerprint density at radius 3 is 2.51 bits per heavy atom. The molecule has 1 aliphatic carbocycles. The molecule has 65 heavy (non-hydrogen) atoms. The topological polar surface area (TPSA) is 188 Å². The Balaban J connectivity index is 0.801. The summed E-state index contributed by atoms with van der Waals surface area (Å²) in [5.74, 6) is 6.67. The predicted octanol–water partition coefficient (Wildman–Crippen LogP) is 5.27. The van der Waals surface area contributed by atoms with Crippen molar-refractivity contribution in [2.75, 3.05) is 43.5 Å². The molecule has 0 bridgehead atoms. The van der Waals surface area contributed by atoms with E-state index in [0.29, 0.717) is 87.0 Å². The highest BCUT2D eigenvalue weighted by Crippen LogP contribution is 2.34. The van der Waals surface area contributed by atoms with Crippen LogP contribution in [0.25, 0.3) is 11.0 Å². The molecule has 2 aromatic heterocycles. The van der Waals surface area contributed by atoms with Gasteiger partial charge >= 0.3 is 0 Å². The number of unbranched alkanes of at least 4 members (excludes halogenated alkanes) is 3. The number of aryl methyl sites for hydroxylation is 1. The maximum absolute atomic E-state index is 13.4. The quantitative estimate of drug-likeness (QED) is 0.0902. The van der Waals surface area contributed by atoms with E-state index in [0.717, 1.165) is 72.7 Å². The first-order chi connectivity index (χ1) is 31.5. The molecule has 1 saturated carbocycles. The van der Waals surface area contributed by atoms with Gasteiger partial charge < -0.3 is 30.1 Å². The van der Waals surface area contributed by atoms with Crippen molar-refractivity contribution in [1.82, 2.24) is 35.0 Å². The molecule has 8 rings (SSSR count). The first-order valence-corrected chi connectivity index (χ1v) is 22.9. The van der Waals surface area contributed by atoms with Crippen LogP contribution in [-0.2, 0) is 25.7 Å². The van der Waals surface area contributed by atoms with E-state index < -0.39 is 11.9 Å². The van der Waals surface area contributed by atoms with E-state index in [-0.39, 0.29) is 47.7 Å². The lowest BCUT2D eigenvalue weighted by atomic mass is 9.90. The van der Waals surface area contributed by atoms with Crippen molar-refractivity contribution < 1.29 is 28.7 Å². The van der Waals surface area contributed by atoms with Gasteiger partial charge in [-0.1, -0.05) is 31.3 Å². The number of hydrogen-bond donors (Lipinski definition) is 3. The third kappa shape index (κ3) is 9.99. The van der Waals surface area contributed by atoms with E-state index in [4.69, 9.17) is 9.72 Å². The molecule has 0 radical (unpaired) electrons. The molecule has 5 heterocycles. The maximum Gasteiger partial charge on any atom is 0.255 e. The van der Waals surface area contributed by atoms with E-state index in [2.05, 4.69) is 37.7 Å². The van der Waals surface area contributed by atoms with Crippen LogP contribution >= 0.6 is 0 Å². The van der Waals surface area contributed by atoms with Gasteiger partial charge in [0.25, 0.3) is 11.5 Å². The second-order valence-corrected chi connectivity index (χ2v) is 17.4. The number of fused-ring (bicyclic) bond motifs is 2. The average Bonchev–Trinajstić information content (AvgIpc) is 3.65. The summed E-state index contributed by atoms with van der Waals surface area (Å²) < 4.78 is 7.61. The molecule has 3 fully saturated rings. The number of nitrogens with one attached hydrogen (secondary N) is 3. The van der Waals surface area contributed by atoms with Crippen LogP contribution in [0.1, 0.15) is 117 Å². The Kier molecular flexibility index (Phi) is 13.8. The number of imide groups is 1. The van der Waals surface area contributed by atoms with Crippen molar-refractivity contribution in [3.05, 3.63) is 81.3 Å². The molecule has 2 saturated heterocycles. The molecular formula is C49H57N9O7. The number of anilines is 3. The van der Waals surface area contributed by atoms with E-state index >= 15 is 0 Å². The van der Waals surface area contributed by atoms with Crippen molar-refractivity contribution in [2.24, 2.45) is 0 Å². The number of carbonyl (C=O) groups excluding carboxylic acids is 5. The molecule has 2 aromatic carbocycles. The minimum atomic E-state index is -0.661. The smallest absolute Gasteiger partial charge is 0.255 e. The molecule has 1 atom stereocenters. The Morgan fingerprint density at radius 1 is 0.954 bits per heavy atom. The number of ether oxygens (including phenoxy) is 1. The average molecular weight is 884 g/mol. The van der Waals surface area contributed by atoms with Gasteiger partial charge in [0, 0.05) is 111 Å². The Labute approximate surface area is 378 Å². The van der Waals surface area contributed by atoms with Crippen molar-refractivity contribution in [2.45, 2.75) is 116 Å². The third-order valence-corrected chi connectivity index (χ3v) is 13.2. The summed E-state index contributed by atoms with van der Waals surface area (Å²) in [6.45, 7) is 6.66. The van der Waals surface area contributed by atoms with Crippen LogP contribution in [0.2, 0.25) is 0 Å². The molecule has 1 unspecified atom stereocenters. The van der Waals surface area contributed by atoms with Crippen molar-refractivity contribution in [1.29, 1.82) is 0 Å². The number of piperidine rings is 1. The number of amides is 5. The van der Waals surface area contributed by atoms with Gasteiger partial charge in [-0.15, -0.1) is 0 Å². The van der Waals surface area contributed by atoms with E-state index in [1.165, 1.54) is 0 Å². The minimum Gasteiger partial charge on any atom is -0.494 e. The van der Waals surface area contributed by atoms with Crippen LogP contribution in [0.3, 0.4) is 0 Å². The minimum absolute atomic E-state index is 0.0344. The van der Waals surface area contributed by atoms with Crippen LogP contribution in [0.15, 0.2) is 53.5 Å². The molecule has 3 aliphatic heterocycles. The summed E-state index contributed by atoms with van der Waals surface area (Å²) in [5.41, 5.74) is 5.10. The van der Waals surface area contributed by atoms with Crippen LogP contribution in [0, 0.1) is 18.8 Å². The number of aromatic nitrogens is 3. The molecule has 4 aliphatic rings. The van der Waals surface area contributed by atoms with E-state index in [1.54, 1.807) is 34.9 Å². The Hall–Kier alpha value is -6.76. The first-order valence-electron chi connectivity index (χ1n) is 22.9. The molecule has 16 heteroatoms. The third-order valence-electron chi connectivity index (χ3n) is 13.2. The molecular weight excluding hydrogens is 827 g/mol. The van der Waals surface area contributed by atoms with Gasteiger partial charge in [-0.2, -0.15) is 4.98 Å². The first kappa shape index (κ1) is 44.8. The van der Waals surface area contributed by atoms with Crippen molar-refractivity contribution in [3.8, 4) is 17.6 Å². The van der Waals surface area contributed by atoms with Gasteiger partial charge in [0.2, 0.25) is 29.6 Å². The fourth-order valence-corrected chi connectivity index (χ4v) is 9.49. The molecule has 16 nitrogen and oxygen atoms in total. The van der Waals surface area contributed by atoms with Gasteiger partial charge in [-0.05, 0) is 87.3 Å². The number of nitrogens with zero attached hydrogens (tertiary/aromatic N) is 6. The van der Waals surface area contributed by atoms with Crippen LogP contribution in [-0.4, -0.2) is 99.2 Å². The van der Waals surface area contributed by atoms with Gasteiger partial charge in [-0.25, -0.2) is 4.98 Å². The monoisotopic (exact) mass is 883 g/mol. The number of carbonyl (C=O) groups is 5. The van der Waals surface area contributed by atoms with Gasteiger partial charge in [-0.3, -0.25) is 38.7 Å². The van der Waals surface area contributed by atoms with Gasteiger partial charge in [0.05, 0.1) is 12.8 Å². The highest BCUT2D eigenvalue weighted by Gasteiger charge is 2.39. The maximum atomic E-state index is 13.4. The molecule has 5 amide bonds. The highest BCUT2D eigenvalue weighted by atomic mass is 16.5. The second-order valence-electron chi connectivity index (χ2n) is 17.4. The summed E-state index contributed by atoms with van der Waals surface area (Å²) in [4.78, 5) is 91.0. The molecule has 0 spiro atoms. The van der Waals surface area contributed by atoms with Crippen LogP contribution in [0.5, 0.6) is 5.75 Å². The molecule has 4 aromatic rings. The number of rotatable bonds is 13. The highest BCUT2D eigenvalue weighted by molar-refractivity contribution is 6.05. The Morgan fingerprint density at radius 2 is 1.75 bits per heavy atom. The lowest BCUT2D eigenvalue weighted by Crippen LogP contribution is -2.52. The molecule has 3 N–H and O–H groups in total. The van der Waals surface area contributed by atoms with E-state index in [9.17, 15) is 28.8 Å². The zero-order valence-electron chi connectivity index (χ0n) is 37.4. The summed E-state index contributed by atoms with van der Waals surface area (Å²) in [6.07, 6.45) is 9.52. The lowest BCUT2D eigenvalue weighted by molar-refractivity contribution is -0.137. The normalized spacial score (nSPS) is 19.6. The number of piperazine rings is 1. The van der Waals surface area contributed by atoms with E-state index in [1.807, 2.05) is 49.1 Å². The number of pyridine rings is 1. The van der Waals surface area contributed by atoms with Crippen LogP contribution in [0.4, 0.5) is 17.3 Å². The largest absolute Gasteiger partial charge is 0.494 e. The number of benzene rings is 2. The molecule has 340 valence electrons. The summed E-state index contributed by atoms with van der Waals surface area (Å²) >= 11 is 0. The Bertz CT molecular complexity index is 2620. The summed E-state index contributed by atoms with van der Waals surface area (Å²) in [7, 11) is 1.62. The van der Waals surface area contributed by atoms with Gasteiger partial charge in [0.15, 0.2) is 0 Å².